The highest BCUT2D eigenvalue weighted by Gasteiger charge is 2.21. The number of carbonyl (C=O) groups excluding carboxylic acids is 1. The largest absolute Gasteiger partial charge is 0.509 e. The van der Waals surface area contributed by atoms with Crippen molar-refractivity contribution in [2.45, 2.75) is 51.9 Å². The molecule has 0 aromatic heterocycles. The van der Waals surface area contributed by atoms with E-state index in [1.54, 1.807) is 0 Å². The van der Waals surface area contributed by atoms with E-state index in [0.717, 1.165) is 36.9 Å². The van der Waals surface area contributed by atoms with Crippen LogP contribution in [0.3, 0.4) is 0 Å². The average Bonchev–Trinajstić information content (AvgIpc) is 3.63. The van der Waals surface area contributed by atoms with Crippen LogP contribution in [-0.2, 0) is 27.2 Å². The topological polar surface area (TPSA) is 66.0 Å². The summed E-state index contributed by atoms with van der Waals surface area (Å²) in [4.78, 5) is 12.2. The van der Waals surface area contributed by atoms with E-state index >= 15 is 0 Å². The number of carbonyl (C=O) groups is 1. The Labute approximate surface area is 191 Å². The second-order valence-electron chi connectivity index (χ2n) is 8.55. The summed E-state index contributed by atoms with van der Waals surface area (Å²) in [6, 6.07) is 17.8. The van der Waals surface area contributed by atoms with Gasteiger partial charge in [0.25, 0.3) is 0 Å². The Morgan fingerprint density at radius 1 is 1.03 bits per heavy atom. The molecule has 0 bridgehead atoms. The molecule has 0 aliphatic heterocycles. The van der Waals surface area contributed by atoms with Crippen LogP contribution < -0.4 is 10.1 Å². The Hall–Kier alpha value is -2.57. The lowest BCUT2D eigenvalue weighted by atomic mass is 10.1. The minimum atomic E-state index is -0.699. The Morgan fingerprint density at radius 2 is 1.78 bits per heavy atom. The van der Waals surface area contributed by atoms with Gasteiger partial charge >= 0.3 is 6.16 Å². The molecule has 1 N–H and O–H groups in total. The van der Waals surface area contributed by atoms with Gasteiger partial charge in [0.1, 0.15) is 19.0 Å². The van der Waals surface area contributed by atoms with Gasteiger partial charge in [-0.25, -0.2) is 4.79 Å². The van der Waals surface area contributed by atoms with Crippen molar-refractivity contribution in [3.8, 4) is 5.75 Å². The van der Waals surface area contributed by atoms with E-state index in [2.05, 4.69) is 5.32 Å². The van der Waals surface area contributed by atoms with Crippen LogP contribution in [0.5, 0.6) is 5.75 Å². The molecular formula is C26H35NO5. The van der Waals surface area contributed by atoms with Gasteiger partial charge in [0.2, 0.25) is 0 Å². The van der Waals surface area contributed by atoms with Crippen molar-refractivity contribution in [3.05, 3.63) is 65.7 Å². The van der Waals surface area contributed by atoms with Gasteiger partial charge in [0.05, 0.1) is 6.61 Å². The fourth-order valence-electron chi connectivity index (χ4n) is 3.05. The predicted octanol–water partition coefficient (Wildman–Crippen LogP) is 4.75. The fourth-order valence-corrected chi connectivity index (χ4v) is 3.05. The summed E-state index contributed by atoms with van der Waals surface area (Å²) in [5.74, 6) is 1.53. The lowest BCUT2D eigenvalue weighted by Crippen LogP contribution is -2.38. The second kappa shape index (κ2) is 13.1. The Bertz CT molecular complexity index is 790. The molecule has 1 unspecified atom stereocenters. The van der Waals surface area contributed by atoms with Crippen LogP contribution in [0.25, 0.3) is 0 Å². The molecule has 0 amide bonds. The molecule has 2 aromatic carbocycles. The van der Waals surface area contributed by atoms with E-state index in [1.807, 2.05) is 68.4 Å². The van der Waals surface area contributed by atoms with E-state index in [-0.39, 0.29) is 19.3 Å². The van der Waals surface area contributed by atoms with Gasteiger partial charge in [-0.1, -0.05) is 56.3 Å². The molecule has 32 heavy (non-hydrogen) atoms. The van der Waals surface area contributed by atoms with Crippen molar-refractivity contribution >= 4 is 6.16 Å². The highest BCUT2D eigenvalue weighted by atomic mass is 16.7. The number of ether oxygens (including phenoxy) is 4. The van der Waals surface area contributed by atoms with E-state index < -0.39 is 12.3 Å². The van der Waals surface area contributed by atoms with E-state index in [1.165, 1.54) is 18.4 Å². The molecule has 174 valence electrons. The van der Waals surface area contributed by atoms with Gasteiger partial charge in [-0.3, -0.25) is 0 Å². The Morgan fingerprint density at radius 3 is 2.47 bits per heavy atom. The van der Waals surface area contributed by atoms with Crippen molar-refractivity contribution in [2.75, 3.05) is 26.4 Å². The minimum absolute atomic E-state index is 0.177. The molecule has 0 spiro atoms. The molecule has 1 fully saturated rings. The van der Waals surface area contributed by atoms with Crippen molar-refractivity contribution in [3.63, 3.8) is 0 Å². The molecule has 1 saturated carbocycles. The summed E-state index contributed by atoms with van der Waals surface area (Å²) < 4.78 is 22.3. The van der Waals surface area contributed by atoms with Crippen LogP contribution in [-0.4, -0.2) is 44.7 Å². The maximum atomic E-state index is 12.2. The molecule has 6 nitrogen and oxygen atoms in total. The van der Waals surface area contributed by atoms with Gasteiger partial charge in [0, 0.05) is 19.2 Å². The first kappa shape index (κ1) is 24.1. The molecule has 0 heterocycles. The van der Waals surface area contributed by atoms with Crippen molar-refractivity contribution < 1.29 is 23.7 Å². The standard InChI is InChI=1S/C26H35NO5/c1-20(2)27-16-25(32-26(28)31-18-22-6-4-3-5-7-22)19-30-24-12-10-21(11-13-24)14-15-29-17-23-8-9-23/h3-7,10-13,20,23,25,27H,8-9,14-19H2,1-2H3. The normalized spacial score (nSPS) is 14.2. The summed E-state index contributed by atoms with van der Waals surface area (Å²) in [5.41, 5.74) is 2.13. The zero-order valence-corrected chi connectivity index (χ0v) is 19.1. The molecule has 0 saturated heterocycles. The van der Waals surface area contributed by atoms with Crippen LogP contribution in [0.4, 0.5) is 4.79 Å². The van der Waals surface area contributed by atoms with Crippen LogP contribution in [0.1, 0.15) is 37.8 Å². The van der Waals surface area contributed by atoms with Crippen molar-refractivity contribution in [2.24, 2.45) is 5.92 Å². The van der Waals surface area contributed by atoms with E-state index in [9.17, 15) is 4.79 Å². The number of hydrogen-bond donors (Lipinski definition) is 1. The Kier molecular flexibility index (Phi) is 9.85. The van der Waals surface area contributed by atoms with Gasteiger partial charge in [-0.05, 0) is 48.4 Å². The van der Waals surface area contributed by atoms with Crippen molar-refractivity contribution in [1.82, 2.24) is 5.32 Å². The first-order valence-electron chi connectivity index (χ1n) is 11.5. The first-order chi connectivity index (χ1) is 15.6. The first-order valence-corrected chi connectivity index (χ1v) is 11.5. The van der Waals surface area contributed by atoms with Gasteiger partial charge < -0.3 is 24.3 Å². The quantitative estimate of drug-likeness (QED) is 0.337. The number of rotatable bonds is 14. The molecule has 0 radical (unpaired) electrons. The molecular weight excluding hydrogens is 406 g/mol. The number of benzene rings is 2. The minimum Gasteiger partial charge on any atom is -0.490 e. The number of nitrogens with one attached hydrogen (secondary N) is 1. The highest BCUT2D eigenvalue weighted by Crippen LogP contribution is 2.28. The maximum absolute atomic E-state index is 12.2. The van der Waals surface area contributed by atoms with Crippen molar-refractivity contribution in [1.29, 1.82) is 0 Å². The molecule has 2 aromatic rings. The summed E-state index contributed by atoms with van der Waals surface area (Å²) in [6.45, 7) is 6.62. The summed E-state index contributed by atoms with van der Waals surface area (Å²) in [6.07, 6.45) is 2.36. The maximum Gasteiger partial charge on any atom is 0.509 e. The Balaban J connectivity index is 1.41. The van der Waals surface area contributed by atoms with E-state index in [0.29, 0.717) is 6.54 Å². The molecule has 6 heteroatoms. The van der Waals surface area contributed by atoms with E-state index in [4.69, 9.17) is 18.9 Å². The van der Waals surface area contributed by atoms with Crippen LogP contribution in [0, 0.1) is 5.92 Å². The van der Waals surface area contributed by atoms with Gasteiger partial charge in [-0.15, -0.1) is 0 Å². The molecule has 1 aliphatic carbocycles. The summed E-state index contributed by atoms with van der Waals surface area (Å²) in [7, 11) is 0. The number of hydrogen-bond acceptors (Lipinski definition) is 6. The zero-order chi connectivity index (χ0) is 22.6. The molecule has 1 aliphatic rings. The fraction of sp³-hybridized carbons (Fsp3) is 0.500. The lowest BCUT2D eigenvalue weighted by Gasteiger charge is -2.20. The monoisotopic (exact) mass is 441 g/mol. The van der Waals surface area contributed by atoms with Crippen LogP contribution >= 0.6 is 0 Å². The average molecular weight is 442 g/mol. The third-order valence-corrected chi connectivity index (χ3v) is 5.16. The third-order valence-electron chi connectivity index (χ3n) is 5.16. The zero-order valence-electron chi connectivity index (χ0n) is 19.1. The highest BCUT2D eigenvalue weighted by molar-refractivity contribution is 5.60. The third kappa shape index (κ3) is 9.71. The molecule has 1 atom stereocenters. The summed E-state index contributed by atoms with van der Waals surface area (Å²) in [5, 5.41) is 3.28. The van der Waals surface area contributed by atoms with Gasteiger partial charge in [-0.2, -0.15) is 0 Å². The van der Waals surface area contributed by atoms with Crippen LogP contribution in [0.2, 0.25) is 0 Å². The SMILES string of the molecule is CC(C)NCC(COc1ccc(CCOCC2CC2)cc1)OC(=O)OCc1ccccc1. The van der Waals surface area contributed by atoms with Crippen LogP contribution in [0.15, 0.2) is 54.6 Å². The molecule has 3 rings (SSSR count). The van der Waals surface area contributed by atoms with Gasteiger partial charge in [0.15, 0.2) is 6.10 Å². The summed E-state index contributed by atoms with van der Waals surface area (Å²) >= 11 is 0. The lowest BCUT2D eigenvalue weighted by molar-refractivity contribution is 0.00320. The second-order valence-corrected chi connectivity index (χ2v) is 8.55. The smallest absolute Gasteiger partial charge is 0.490 e. The predicted molar refractivity (Wildman–Crippen MR) is 124 cm³/mol.